The van der Waals surface area contributed by atoms with Gasteiger partial charge in [-0.15, -0.1) is 0 Å². The summed E-state index contributed by atoms with van der Waals surface area (Å²) in [6, 6.07) is 13.8. The van der Waals surface area contributed by atoms with E-state index in [1.165, 1.54) is 25.7 Å². The van der Waals surface area contributed by atoms with Gasteiger partial charge in [0.05, 0.1) is 0 Å². The Morgan fingerprint density at radius 2 is 1.43 bits per heavy atom. The van der Waals surface area contributed by atoms with Crippen molar-refractivity contribution in [3.05, 3.63) is 59.7 Å². The van der Waals surface area contributed by atoms with Crippen molar-refractivity contribution in [1.82, 2.24) is 0 Å². The zero-order valence-electron chi connectivity index (χ0n) is 17.5. The Morgan fingerprint density at radius 3 is 2.18 bits per heavy atom. The highest BCUT2D eigenvalue weighted by Gasteiger charge is 2.13. The zero-order valence-corrected chi connectivity index (χ0v) is 17.5. The maximum Gasteiger partial charge on any atom is 0.186 e. The van der Waals surface area contributed by atoms with Crippen LogP contribution in [0.5, 0.6) is 0 Å². The summed E-state index contributed by atoms with van der Waals surface area (Å²) < 4.78 is 0. The van der Waals surface area contributed by atoms with Crippen LogP contribution in [0.1, 0.15) is 88.4 Å². The number of fused-ring (bicyclic) bond motifs is 1. The van der Waals surface area contributed by atoms with Gasteiger partial charge in [0.1, 0.15) is 0 Å². The maximum absolute atomic E-state index is 12.8. The molecular formula is C26H34O2. The van der Waals surface area contributed by atoms with Gasteiger partial charge in [0.25, 0.3) is 0 Å². The largest absolute Gasteiger partial charge is 0.295 e. The third-order valence-corrected chi connectivity index (χ3v) is 5.25. The van der Waals surface area contributed by atoms with Crippen LogP contribution in [0.25, 0.3) is 10.8 Å². The Hall–Kier alpha value is -2.22. The monoisotopic (exact) mass is 378 g/mol. The van der Waals surface area contributed by atoms with E-state index in [1.807, 2.05) is 42.5 Å². The summed E-state index contributed by atoms with van der Waals surface area (Å²) in [4.78, 5) is 25.5. The van der Waals surface area contributed by atoms with Gasteiger partial charge in [-0.05, 0) is 47.8 Å². The van der Waals surface area contributed by atoms with Crippen molar-refractivity contribution < 1.29 is 9.59 Å². The number of ketones is 2. The van der Waals surface area contributed by atoms with Crippen molar-refractivity contribution in [2.24, 2.45) is 0 Å². The van der Waals surface area contributed by atoms with Crippen molar-refractivity contribution in [3.63, 3.8) is 0 Å². The van der Waals surface area contributed by atoms with Crippen LogP contribution in [0.2, 0.25) is 0 Å². The van der Waals surface area contributed by atoms with Gasteiger partial charge in [-0.2, -0.15) is 0 Å². The first-order valence-electron chi connectivity index (χ1n) is 10.9. The quantitative estimate of drug-likeness (QED) is 0.206. The summed E-state index contributed by atoms with van der Waals surface area (Å²) in [5.74, 6) is 0.0891. The first kappa shape index (κ1) is 22.1. The molecule has 0 amide bonds. The molecule has 0 aliphatic carbocycles. The molecule has 0 heterocycles. The second-order valence-electron chi connectivity index (χ2n) is 7.64. The van der Waals surface area contributed by atoms with Crippen LogP contribution in [0, 0.1) is 0 Å². The Bertz CT molecular complexity index is 801. The fraction of sp³-hybridized carbons (Fsp3) is 0.462. The van der Waals surface area contributed by atoms with Gasteiger partial charge >= 0.3 is 0 Å². The number of allylic oxidation sites excluding steroid dienone is 2. The molecule has 0 atom stereocenters. The molecule has 0 N–H and O–H groups in total. The summed E-state index contributed by atoms with van der Waals surface area (Å²) in [6.45, 7) is 4.32. The first-order valence-corrected chi connectivity index (χ1v) is 10.9. The number of rotatable bonds is 13. The molecule has 2 heteroatoms. The minimum absolute atomic E-state index is 0.0619. The van der Waals surface area contributed by atoms with Gasteiger partial charge in [0.15, 0.2) is 11.6 Å². The number of carbonyl (C=O) groups is 2. The van der Waals surface area contributed by atoms with Gasteiger partial charge in [-0.1, -0.05) is 88.8 Å². The van der Waals surface area contributed by atoms with Crippen LogP contribution in [0.15, 0.2) is 54.1 Å². The van der Waals surface area contributed by atoms with E-state index in [2.05, 4.69) is 13.8 Å². The standard InChI is InChI=1S/C26H34O2/c1-3-5-7-8-9-10-16-25(27)23(13-6-4-2)20-26(28)24-18-17-21-14-11-12-15-22(21)19-24/h11-12,14-15,17-20H,3-10,13,16H2,1-2H3/b23-20-. The molecule has 2 nitrogen and oxygen atoms in total. The molecule has 0 saturated carbocycles. The molecule has 0 aliphatic heterocycles. The van der Waals surface area contributed by atoms with E-state index in [1.54, 1.807) is 6.08 Å². The smallest absolute Gasteiger partial charge is 0.186 e. The Balaban J connectivity index is 2.03. The van der Waals surface area contributed by atoms with Crippen molar-refractivity contribution in [2.75, 3.05) is 0 Å². The highest BCUT2D eigenvalue weighted by molar-refractivity contribution is 6.11. The zero-order chi connectivity index (χ0) is 20.2. The number of carbonyl (C=O) groups excluding carboxylic acids is 2. The second kappa shape index (κ2) is 12.3. The molecule has 0 aromatic heterocycles. The normalized spacial score (nSPS) is 11.7. The van der Waals surface area contributed by atoms with Gasteiger partial charge in [0.2, 0.25) is 0 Å². The van der Waals surface area contributed by atoms with E-state index >= 15 is 0 Å². The van der Waals surface area contributed by atoms with Gasteiger partial charge in [0, 0.05) is 12.0 Å². The van der Waals surface area contributed by atoms with Crippen LogP contribution in [0.3, 0.4) is 0 Å². The van der Waals surface area contributed by atoms with E-state index in [4.69, 9.17) is 0 Å². The van der Waals surface area contributed by atoms with E-state index < -0.39 is 0 Å². The topological polar surface area (TPSA) is 34.1 Å². The lowest BCUT2D eigenvalue weighted by molar-refractivity contribution is -0.115. The molecule has 28 heavy (non-hydrogen) atoms. The lowest BCUT2D eigenvalue weighted by Crippen LogP contribution is -2.06. The summed E-state index contributed by atoms with van der Waals surface area (Å²) in [5.41, 5.74) is 1.36. The van der Waals surface area contributed by atoms with E-state index in [0.717, 1.165) is 36.5 Å². The predicted molar refractivity (Wildman–Crippen MR) is 119 cm³/mol. The van der Waals surface area contributed by atoms with E-state index in [0.29, 0.717) is 24.0 Å². The summed E-state index contributed by atoms with van der Waals surface area (Å²) >= 11 is 0. The maximum atomic E-state index is 12.8. The Morgan fingerprint density at radius 1 is 0.750 bits per heavy atom. The van der Waals surface area contributed by atoms with Crippen LogP contribution >= 0.6 is 0 Å². The number of hydrogen-bond acceptors (Lipinski definition) is 2. The summed E-state index contributed by atoms with van der Waals surface area (Å²) in [6.07, 6.45) is 11.8. The fourth-order valence-electron chi connectivity index (χ4n) is 3.47. The van der Waals surface area contributed by atoms with Crippen molar-refractivity contribution in [3.8, 4) is 0 Å². The minimum atomic E-state index is -0.0619. The highest BCUT2D eigenvalue weighted by atomic mass is 16.1. The van der Waals surface area contributed by atoms with Crippen molar-refractivity contribution >= 4 is 22.3 Å². The predicted octanol–water partition coefficient (Wildman–Crippen LogP) is 7.46. The molecule has 0 fully saturated rings. The van der Waals surface area contributed by atoms with Gasteiger partial charge in [-0.25, -0.2) is 0 Å². The van der Waals surface area contributed by atoms with Crippen molar-refractivity contribution in [1.29, 1.82) is 0 Å². The average Bonchev–Trinajstić information content (AvgIpc) is 2.72. The molecule has 0 bridgehead atoms. The van der Waals surface area contributed by atoms with E-state index in [-0.39, 0.29) is 11.6 Å². The second-order valence-corrected chi connectivity index (χ2v) is 7.64. The van der Waals surface area contributed by atoms with Gasteiger partial charge < -0.3 is 0 Å². The molecule has 0 aliphatic rings. The molecule has 0 spiro atoms. The number of unbranched alkanes of at least 4 members (excludes halogenated alkanes) is 6. The molecule has 2 rings (SSSR count). The summed E-state index contributed by atoms with van der Waals surface area (Å²) in [7, 11) is 0. The lowest BCUT2D eigenvalue weighted by atomic mass is 9.96. The molecular weight excluding hydrogens is 344 g/mol. The summed E-state index contributed by atoms with van der Waals surface area (Å²) in [5, 5.41) is 2.17. The number of hydrogen-bond donors (Lipinski definition) is 0. The number of Topliss-reactive ketones (excluding diaryl/α,β-unsaturated/α-hetero) is 1. The van der Waals surface area contributed by atoms with E-state index in [9.17, 15) is 9.59 Å². The third-order valence-electron chi connectivity index (χ3n) is 5.25. The molecule has 0 unspecified atom stereocenters. The average molecular weight is 379 g/mol. The van der Waals surface area contributed by atoms with Crippen LogP contribution in [0.4, 0.5) is 0 Å². The highest BCUT2D eigenvalue weighted by Crippen LogP contribution is 2.19. The molecule has 150 valence electrons. The fourth-order valence-corrected chi connectivity index (χ4v) is 3.47. The van der Waals surface area contributed by atoms with Crippen LogP contribution < -0.4 is 0 Å². The molecule has 2 aromatic rings. The SMILES string of the molecule is CCCCCCCCC(=O)/C(=C\C(=O)c1ccc2ccccc2c1)CCCC. The molecule has 2 aromatic carbocycles. The molecule has 0 saturated heterocycles. The van der Waals surface area contributed by atoms with Crippen LogP contribution in [-0.2, 0) is 4.79 Å². The Labute approximate surface area is 170 Å². The molecule has 0 radical (unpaired) electrons. The first-order chi connectivity index (χ1) is 13.7. The van der Waals surface area contributed by atoms with Gasteiger partial charge in [-0.3, -0.25) is 9.59 Å². The van der Waals surface area contributed by atoms with Crippen molar-refractivity contribution in [2.45, 2.75) is 78.1 Å². The number of benzene rings is 2. The lowest BCUT2D eigenvalue weighted by Gasteiger charge is -2.07. The third kappa shape index (κ3) is 7.07. The minimum Gasteiger partial charge on any atom is -0.295 e. The Kier molecular flexibility index (Phi) is 9.68. The van der Waals surface area contributed by atoms with Crippen LogP contribution in [-0.4, -0.2) is 11.6 Å².